The van der Waals surface area contributed by atoms with E-state index >= 15 is 0 Å². The van der Waals surface area contributed by atoms with E-state index in [0.717, 1.165) is 6.54 Å². The number of nitrogens with one attached hydrogen (secondary N) is 5. The van der Waals surface area contributed by atoms with Gasteiger partial charge in [-0.3, -0.25) is 24.0 Å². The second-order valence-electron chi connectivity index (χ2n) is 9.42. The first kappa shape index (κ1) is 36.4. The summed E-state index contributed by atoms with van der Waals surface area (Å²) in [6.07, 6.45) is 1.93. The van der Waals surface area contributed by atoms with E-state index in [1.807, 2.05) is 0 Å². The van der Waals surface area contributed by atoms with Crippen LogP contribution in [0.3, 0.4) is 0 Å². The molecule has 0 saturated carbocycles. The molecule has 0 aliphatic rings. The fourth-order valence-electron chi connectivity index (χ4n) is 3.74. The first-order chi connectivity index (χ1) is 18.6. The van der Waals surface area contributed by atoms with Crippen LogP contribution in [0, 0.1) is 0 Å². The maximum Gasteiger partial charge on any atom is 0.221 e. The van der Waals surface area contributed by atoms with Crippen LogP contribution in [-0.2, 0) is 24.0 Å². The smallest absolute Gasteiger partial charge is 0.221 e. The van der Waals surface area contributed by atoms with Gasteiger partial charge in [-0.25, -0.2) is 0 Å². The van der Waals surface area contributed by atoms with Crippen molar-refractivity contribution >= 4 is 29.4 Å². The highest BCUT2D eigenvalue weighted by atomic mass is 16.2. The van der Waals surface area contributed by atoms with Crippen LogP contribution in [-0.4, -0.2) is 144 Å². The summed E-state index contributed by atoms with van der Waals surface area (Å²) in [5, 5.41) is 14.0. The number of nitrogens with zero attached hydrogens (tertiary/aromatic N) is 3. The van der Waals surface area contributed by atoms with E-state index in [9.17, 15) is 24.0 Å². The summed E-state index contributed by atoms with van der Waals surface area (Å²) in [7, 11) is 6.45. The van der Waals surface area contributed by atoms with Crippen molar-refractivity contribution in [3.63, 3.8) is 0 Å². The van der Waals surface area contributed by atoms with E-state index in [4.69, 9.17) is 0 Å². The number of Topliss-reactive ketones (excluding diaryl/α,β-unsaturated/α-hetero) is 1. The van der Waals surface area contributed by atoms with E-state index in [-0.39, 0.29) is 29.4 Å². The van der Waals surface area contributed by atoms with Gasteiger partial charge in [-0.2, -0.15) is 0 Å². The van der Waals surface area contributed by atoms with E-state index in [0.29, 0.717) is 97.6 Å². The largest absolute Gasteiger partial charge is 0.359 e. The summed E-state index contributed by atoms with van der Waals surface area (Å²) in [5.74, 6) is -0.0213. The van der Waals surface area contributed by atoms with Crippen LogP contribution in [0.5, 0.6) is 0 Å². The Morgan fingerprint density at radius 1 is 0.436 bits per heavy atom. The molecule has 0 aliphatic carbocycles. The average Bonchev–Trinajstić information content (AvgIpc) is 2.94. The zero-order valence-electron chi connectivity index (χ0n) is 24.7. The number of amides is 4. The Kier molecular flexibility index (Phi) is 21.7. The Labute approximate surface area is 234 Å². The second-order valence-corrected chi connectivity index (χ2v) is 9.42. The molecule has 0 radical (unpaired) electrons. The molecule has 0 aromatic rings. The van der Waals surface area contributed by atoms with Gasteiger partial charge in [0, 0.05) is 132 Å². The van der Waals surface area contributed by atoms with E-state index in [1.165, 1.54) is 0 Å². The second kappa shape index (κ2) is 23.3. The Morgan fingerprint density at radius 3 is 1.03 bits per heavy atom. The third kappa shape index (κ3) is 21.0. The lowest BCUT2D eigenvalue weighted by Gasteiger charge is -2.28. The highest BCUT2D eigenvalue weighted by Crippen LogP contribution is 2.00. The third-order valence-electron chi connectivity index (χ3n) is 6.46. The number of carbonyl (C=O) groups is 5. The van der Waals surface area contributed by atoms with Gasteiger partial charge in [0.25, 0.3) is 0 Å². The minimum Gasteiger partial charge on any atom is -0.359 e. The van der Waals surface area contributed by atoms with Crippen LogP contribution in [0.1, 0.15) is 39.0 Å². The minimum absolute atomic E-state index is 0.0242. The van der Waals surface area contributed by atoms with Crippen molar-refractivity contribution < 1.29 is 24.0 Å². The molecule has 226 valence electrons. The number of rotatable bonds is 24. The first-order valence-corrected chi connectivity index (χ1v) is 13.8. The highest BCUT2D eigenvalue weighted by Gasteiger charge is 2.14. The summed E-state index contributed by atoms with van der Waals surface area (Å²) in [6, 6.07) is 0. The summed E-state index contributed by atoms with van der Waals surface area (Å²) >= 11 is 0. The predicted molar refractivity (Wildman–Crippen MR) is 152 cm³/mol. The summed E-state index contributed by atoms with van der Waals surface area (Å²) in [4.78, 5) is 64.8. The number of hydrogen-bond donors (Lipinski definition) is 5. The Bertz CT molecular complexity index is 717. The van der Waals surface area contributed by atoms with Crippen LogP contribution < -0.4 is 26.6 Å². The first-order valence-electron chi connectivity index (χ1n) is 13.8. The summed E-state index contributed by atoms with van der Waals surface area (Å²) in [5.41, 5.74) is 0. The molecule has 0 aromatic carbocycles. The van der Waals surface area contributed by atoms with Gasteiger partial charge in [-0.15, -0.1) is 0 Å². The molecule has 0 saturated heterocycles. The molecule has 0 fully saturated rings. The topological polar surface area (TPSA) is 155 Å². The third-order valence-corrected chi connectivity index (χ3v) is 6.46. The molecular formula is C26H52N8O5. The zero-order valence-corrected chi connectivity index (χ0v) is 24.7. The molecule has 0 bridgehead atoms. The van der Waals surface area contributed by atoms with Crippen LogP contribution in [0.15, 0.2) is 0 Å². The van der Waals surface area contributed by atoms with Gasteiger partial charge >= 0.3 is 0 Å². The van der Waals surface area contributed by atoms with Crippen LogP contribution in [0.4, 0.5) is 0 Å². The molecule has 0 aromatic heterocycles. The molecule has 0 rings (SSSR count). The number of hydrogen-bond acceptors (Lipinski definition) is 9. The van der Waals surface area contributed by atoms with Gasteiger partial charge in [-0.05, 0) is 6.92 Å². The molecule has 39 heavy (non-hydrogen) atoms. The lowest BCUT2D eigenvalue weighted by molar-refractivity contribution is -0.122. The summed E-state index contributed by atoms with van der Waals surface area (Å²) in [6.45, 7) is 8.68. The molecule has 0 spiro atoms. The molecule has 5 N–H and O–H groups in total. The van der Waals surface area contributed by atoms with Crippen LogP contribution in [0.2, 0.25) is 0 Å². The van der Waals surface area contributed by atoms with Crippen molar-refractivity contribution in [2.24, 2.45) is 0 Å². The number of carbonyl (C=O) groups excluding carboxylic acids is 5. The van der Waals surface area contributed by atoms with Crippen molar-refractivity contribution in [2.45, 2.75) is 39.0 Å². The summed E-state index contributed by atoms with van der Waals surface area (Å²) < 4.78 is 0. The molecule has 0 unspecified atom stereocenters. The van der Waals surface area contributed by atoms with Gasteiger partial charge in [0.05, 0.1) is 0 Å². The molecule has 0 atom stereocenters. The van der Waals surface area contributed by atoms with Crippen LogP contribution >= 0.6 is 0 Å². The molecule has 13 heteroatoms. The average molecular weight is 557 g/mol. The molecular weight excluding hydrogens is 504 g/mol. The van der Waals surface area contributed by atoms with Gasteiger partial charge in [0.2, 0.25) is 23.6 Å². The Balaban J connectivity index is 4.84. The maximum absolute atomic E-state index is 11.8. The fourth-order valence-corrected chi connectivity index (χ4v) is 3.74. The lowest BCUT2D eigenvalue weighted by atomic mass is 10.2. The molecule has 4 amide bonds. The maximum atomic E-state index is 11.8. The monoisotopic (exact) mass is 556 g/mol. The van der Waals surface area contributed by atoms with Crippen LogP contribution in [0.25, 0.3) is 0 Å². The number of ketones is 1. The Hall–Kier alpha value is -2.61. The normalized spacial score (nSPS) is 11.1. The lowest BCUT2D eigenvalue weighted by Crippen LogP contribution is -2.42. The van der Waals surface area contributed by atoms with E-state index < -0.39 is 0 Å². The quantitative estimate of drug-likeness (QED) is 0.0850. The van der Waals surface area contributed by atoms with Gasteiger partial charge in [0.15, 0.2) is 0 Å². The van der Waals surface area contributed by atoms with Gasteiger partial charge < -0.3 is 41.3 Å². The molecule has 0 aliphatic heterocycles. The van der Waals surface area contributed by atoms with Crippen molar-refractivity contribution in [1.29, 1.82) is 0 Å². The van der Waals surface area contributed by atoms with Crippen molar-refractivity contribution in [3.8, 4) is 0 Å². The van der Waals surface area contributed by atoms with E-state index in [1.54, 1.807) is 35.1 Å². The van der Waals surface area contributed by atoms with Crippen molar-refractivity contribution in [1.82, 2.24) is 41.3 Å². The molecule has 13 nitrogen and oxygen atoms in total. The predicted octanol–water partition coefficient (Wildman–Crippen LogP) is -1.99. The van der Waals surface area contributed by atoms with Crippen molar-refractivity contribution in [2.75, 3.05) is 100 Å². The molecule has 0 heterocycles. The zero-order chi connectivity index (χ0) is 29.5. The van der Waals surface area contributed by atoms with Gasteiger partial charge in [-0.1, -0.05) is 0 Å². The SMILES string of the molecule is CNC(=O)CCN(CCNCCN(CCC(=O)NC)CCN(CCC(C)=O)CCC(=O)NC)CCC(=O)NC. The standard InChI is InChI=1S/C26H52N8O5/c1-22(35)6-13-33(16-9-25(38)29-4)20-21-34(17-10-26(39)30-5)19-12-31-11-18-32(14-7-23(36)27-2)15-8-24(37)28-3/h31H,6-21H2,1-5H3,(H,27,36)(H,28,37)(H,29,38)(H,30,39). The minimum atomic E-state index is -0.0387. The Morgan fingerprint density at radius 2 is 0.718 bits per heavy atom. The fraction of sp³-hybridized carbons (Fsp3) is 0.808. The van der Waals surface area contributed by atoms with Crippen molar-refractivity contribution in [3.05, 3.63) is 0 Å². The van der Waals surface area contributed by atoms with Gasteiger partial charge in [0.1, 0.15) is 5.78 Å². The van der Waals surface area contributed by atoms with E-state index in [2.05, 4.69) is 41.3 Å². The highest BCUT2D eigenvalue weighted by molar-refractivity contribution is 5.77.